The van der Waals surface area contributed by atoms with E-state index in [-0.39, 0.29) is 87.9 Å². The van der Waals surface area contributed by atoms with Crippen LogP contribution in [0.5, 0.6) is 17.2 Å². The van der Waals surface area contributed by atoms with Crippen LogP contribution < -0.4 is 15.3 Å². The van der Waals surface area contributed by atoms with Crippen molar-refractivity contribution in [2.24, 2.45) is 15.4 Å². The summed E-state index contributed by atoms with van der Waals surface area (Å²) in [5.74, 6) is 0.309. The van der Waals surface area contributed by atoms with Gasteiger partial charge in [-0.1, -0.05) is 192 Å². The molecule has 56 heavy (non-hydrogen) atoms. The summed E-state index contributed by atoms with van der Waals surface area (Å²) in [6, 6.07) is 12.1. The Bertz CT molecular complexity index is 1730. The van der Waals surface area contributed by atoms with Crippen LogP contribution in [0, 0.1) is 12.3 Å². The molecule has 3 rings (SSSR count). The van der Waals surface area contributed by atoms with Crippen molar-refractivity contribution >= 4 is 12.4 Å². The van der Waals surface area contributed by atoms with Gasteiger partial charge >= 0.3 is 32.7 Å². The summed E-state index contributed by atoms with van der Waals surface area (Å²) < 4.78 is 0. The van der Waals surface area contributed by atoms with Crippen molar-refractivity contribution in [3.05, 3.63) is 86.5 Å². The van der Waals surface area contributed by atoms with E-state index in [9.17, 15) is 15.3 Å². The summed E-state index contributed by atoms with van der Waals surface area (Å²) in [6.45, 7) is 45.3. The minimum absolute atomic E-state index is 0. The number of aliphatic imine (C=N–C) groups is 2. The van der Waals surface area contributed by atoms with Crippen molar-refractivity contribution in [2.75, 3.05) is 13.1 Å². The van der Waals surface area contributed by atoms with Crippen LogP contribution in [-0.4, -0.2) is 25.5 Å². The molecule has 0 fully saturated rings. The Labute approximate surface area is 368 Å². The first-order valence-electron chi connectivity index (χ1n) is 20.0. The average molecular weight is 841 g/mol. The van der Waals surface area contributed by atoms with Crippen molar-refractivity contribution in [1.29, 1.82) is 0 Å². The summed E-state index contributed by atoms with van der Waals surface area (Å²) in [6.07, 6.45) is 3.47. The standard InChI is InChI=1S/C35H54N2O2.C15H24O.Y/c1-31(2,3)25-15-23(29(38)27(17-25)33(7,8)9)19-36-21-35(13,14)22-37-20-24-16-26(32(4,5)6)18-28(30(24)39)34(10,11)12;1-10-8-11(14(2,3)4)13(16)12(9-10)15(5,6)7;/h15-20,38-39H,21-22H2,1-14H3;8-9,16H,1-7H3;/q;;+3/p-3. The van der Waals surface area contributed by atoms with Crippen molar-refractivity contribution in [2.45, 2.75) is 178 Å². The number of benzene rings is 3. The van der Waals surface area contributed by atoms with E-state index in [4.69, 9.17) is 9.98 Å². The second kappa shape index (κ2) is 18.2. The quantitative estimate of drug-likeness (QED) is 0.231. The Morgan fingerprint density at radius 1 is 0.411 bits per heavy atom. The topological polar surface area (TPSA) is 93.9 Å². The van der Waals surface area contributed by atoms with Crippen LogP contribution in [0.3, 0.4) is 0 Å². The van der Waals surface area contributed by atoms with Gasteiger partial charge in [-0.2, -0.15) is 0 Å². The molecule has 0 aromatic heterocycles. The zero-order chi connectivity index (χ0) is 42.9. The summed E-state index contributed by atoms with van der Waals surface area (Å²) in [7, 11) is 0. The largest absolute Gasteiger partial charge is 3.00 e. The van der Waals surface area contributed by atoms with Gasteiger partial charge in [0.25, 0.3) is 0 Å². The van der Waals surface area contributed by atoms with Gasteiger partial charge in [0.1, 0.15) is 0 Å². The molecule has 3 aromatic rings. The third-order valence-corrected chi connectivity index (χ3v) is 9.93. The summed E-state index contributed by atoms with van der Waals surface area (Å²) >= 11 is 0. The van der Waals surface area contributed by atoms with Gasteiger partial charge in [-0.15, -0.1) is 5.75 Å². The van der Waals surface area contributed by atoms with Crippen molar-refractivity contribution in [1.82, 2.24) is 0 Å². The maximum Gasteiger partial charge on any atom is 3.00 e. The Balaban J connectivity index is 0.000000771. The number of nitrogens with zero attached hydrogens (tertiary/aromatic N) is 2. The van der Waals surface area contributed by atoms with Crippen molar-refractivity contribution < 1.29 is 48.0 Å². The van der Waals surface area contributed by atoms with Crippen molar-refractivity contribution in [3.8, 4) is 17.2 Å². The molecule has 0 N–H and O–H groups in total. The molecular formula is C50H75N2O3Y. The molecule has 6 heteroatoms. The third kappa shape index (κ3) is 14.4. The zero-order valence-electron chi connectivity index (χ0n) is 39.2. The molecule has 0 radical (unpaired) electrons. The summed E-state index contributed by atoms with van der Waals surface area (Å²) in [5, 5.41) is 38.9. The predicted molar refractivity (Wildman–Crippen MR) is 233 cm³/mol. The monoisotopic (exact) mass is 840 g/mol. The Kier molecular flexibility index (Phi) is 16.7. The van der Waals surface area contributed by atoms with E-state index in [1.807, 2.05) is 24.3 Å². The van der Waals surface area contributed by atoms with Crippen LogP contribution >= 0.6 is 0 Å². The Hall–Kier alpha value is -2.50. The summed E-state index contributed by atoms with van der Waals surface area (Å²) in [4.78, 5) is 9.39. The zero-order valence-corrected chi connectivity index (χ0v) is 42.1. The molecule has 0 bridgehead atoms. The molecule has 0 atom stereocenters. The maximum absolute atomic E-state index is 13.3. The SMILES string of the molecule is CC(C)(CN=Cc1cc(C(C)(C)C)cc(C(C)(C)C)c1[O-])CN=Cc1cc(C(C)(C)C)cc(C(C)(C)C)c1[O-].Cc1cc(C(C)(C)C)c([O-])c(C(C)(C)C)c1.[Y+3]. The number of hydrogen-bond acceptors (Lipinski definition) is 5. The van der Waals surface area contributed by atoms with Crippen LogP contribution in [0.15, 0.2) is 46.4 Å². The van der Waals surface area contributed by atoms with Gasteiger partial charge < -0.3 is 15.3 Å². The first kappa shape index (κ1) is 51.5. The van der Waals surface area contributed by atoms with Gasteiger partial charge in [-0.05, 0) is 83.9 Å². The normalized spacial score (nSPS) is 13.5. The van der Waals surface area contributed by atoms with Gasteiger partial charge in [0.05, 0.1) is 0 Å². The van der Waals surface area contributed by atoms with Crippen LogP contribution in [-0.2, 0) is 65.2 Å². The summed E-state index contributed by atoms with van der Waals surface area (Å²) in [5.41, 5.74) is 7.20. The first-order valence-corrected chi connectivity index (χ1v) is 20.0. The maximum atomic E-state index is 13.3. The molecular weight excluding hydrogens is 765 g/mol. The van der Waals surface area contributed by atoms with E-state index in [0.29, 0.717) is 24.2 Å². The van der Waals surface area contributed by atoms with Crippen molar-refractivity contribution in [3.63, 3.8) is 0 Å². The molecule has 306 valence electrons. The molecule has 0 spiro atoms. The third-order valence-electron chi connectivity index (χ3n) is 9.93. The number of rotatable bonds is 6. The van der Waals surface area contributed by atoms with Crippen LogP contribution in [0.2, 0.25) is 0 Å². The molecule has 0 unspecified atom stereocenters. The van der Waals surface area contributed by atoms with Gasteiger partial charge in [0, 0.05) is 30.9 Å². The molecule has 0 amide bonds. The molecule has 0 aliphatic rings. The van der Waals surface area contributed by atoms with E-state index in [0.717, 1.165) is 33.4 Å². The average Bonchev–Trinajstić information content (AvgIpc) is 2.96. The van der Waals surface area contributed by atoms with Gasteiger partial charge in [-0.25, -0.2) is 0 Å². The molecule has 0 saturated carbocycles. The van der Waals surface area contributed by atoms with E-state index in [2.05, 4.69) is 158 Å². The Morgan fingerprint density at radius 2 is 0.679 bits per heavy atom. The number of aryl methyl sites for hydroxylation is 1. The minimum atomic E-state index is -0.244. The fourth-order valence-corrected chi connectivity index (χ4v) is 6.19. The minimum Gasteiger partial charge on any atom is -0.872 e. The molecule has 0 saturated heterocycles. The molecule has 3 aromatic carbocycles. The van der Waals surface area contributed by atoms with Gasteiger partial charge in [-0.3, -0.25) is 9.98 Å². The van der Waals surface area contributed by atoms with E-state index >= 15 is 0 Å². The molecule has 0 heterocycles. The predicted octanol–water partition coefficient (Wildman–Crippen LogP) is 11.2. The van der Waals surface area contributed by atoms with E-state index < -0.39 is 0 Å². The van der Waals surface area contributed by atoms with Gasteiger partial charge in [0.15, 0.2) is 0 Å². The van der Waals surface area contributed by atoms with Crippen LogP contribution in [0.25, 0.3) is 0 Å². The molecule has 5 nitrogen and oxygen atoms in total. The van der Waals surface area contributed by atoms with Crippen LogP contribution in [0.1, 0.15) is 189 Å². The second-order valence-corrected chi connectivity index (χ2v) is 22.7. The van der Waals surface area contributed by atoms with E-state index in [1.54, 1.807) is 12.4 Å². The molecule has 0 aliphatic carbocycles. The molecule has 0 aliphatic heterocycles. The van der Waals surface area contributed by atoms with Gasteiger partial charge in [0.2, 0.25) is 0 Å². The number of hydrogen-bond donors (Lipinski definition) is 0. The first-order chi connectivity index (χ1) is 24.5. The Morgan fingerprint density at radius 3 is 0.929 bits per heavy atom. The fraction of sp³-hybridized carbons (Fsp3) is 0.600. The van der Waals surface area contributed by atoms with E-state index in [1.165, 1.54) is 5.56 Å². The van der Waals surface area contributed by atoms with Crippen LogP contribution in [0.4, 0.5) is 0 Å². The smallest absolute Gasteiger partial charge is 0.872 e. The second-order valence-electron chi connectivity index (χ2n) is 22.7. The fourth-order valence-electron chi connectivity index (χ4n) is 6.19.